The number of nitriles is 1. The quantitative estimate of drug-likeness (QED) is 0.269. The molecule has 0 unspecified atom stereocenters. The van der Waals surface area contributed by atoms with Gasteiger partial charge in [-0.15, -0.1) is 0 Å². The van der Waals surface area contributed by atoms with E-state index in [0.29, 0.717) is 17.2 Å². The van der Waals surface area contributed by atoms with Crippen molar-refractivity contribution in [1.29, 1.82) is 5.26 Å². The Kier molecular flexibility index (Phi) is 4.22. The number of rotatable bonds is 2. The van der Waals surface area contributed by atoms with Crippen LogP contribution < -0.4 is 0 Å². The van der Waals surface area contributed by atoms with E-state index in [4.69, 9.17) is 4.98 Å². The van der Waals surface area contributed by atoms with Gasteiger partial charge in [-0.05, 0) is 40.5 Å². The Bertz CT molecular complexity index is 1870. The third-order valence-electron chi connectivity index (χ3n) is 7.51. The van der Waals surface area contributed by atoms with E-state index in [9.17, 15) is 5.26 Å². The van der Waals surface area contributed by atoms with Crippen molar-refractivity contribution < 1.29 is 0 Å². The molecule has 1 aliphatic carbocycles. The normalized spacial score (nSPS) is 13.5. The summed E-state index contributed by atoms with van der Waals surface area (Å²) in [5, 5.41) is 12.3. The van der Waals surface area contributed by atoms with Crippen LogP contribution in [0.1, 0.15) is 30.5 Å². The molecule has 0 radical (unpaired) electrons. The lowest BCUT2D eigenvalue weighted by Crippen LogP contribution is -2.14. The van der Waals surface area contributed by atoms with Crippen LogP contribution in [-0.2, 0) is 5.41 Å². The van der Waals surface area contributed by atoms with E-state index in [1.807, 2.05) is 36.4 Å². The van der Waals surface area contributed by atoms with Crippen LogP contribution in [-0.4, -0.2) is 14.5 Å². The topological polar surface area (TPSA) is 54.5 Å². The molecule has 0 saturated heterocycles. The van der Waals surface area contributed by atoms with Gasteiger partial charge in [-0.2, -0.15) is 5.26 Å². The van der Waals surface area contributed by atoms with E-state index in [2.05, 4.69) is 84.1 Å². The second kappa shape index (κ2) is 7.37. The maximum atomic E-state index is 10.0. The predicted molar refractivity (Wildman–Crippen MR) is 144 cm³/mol. The Morgan fingerprint density at radius 3 is 2.33 bits per heavy atom. The predicted octanol–water partition coefficient (Wildman–Crippen LogP) is 7.42. The van der Waals surface area contributed by atoms with Crippen molar-refractivity contribution >= 4 is 21.8 Å². The molecule has 1 aliphatic rings. The van der Waals surface area contributed by atoms with Crippen LogP contribution in [0.15, 0.2) is 97.2 Å². The zero-order valence-electron chi connectivity index (χ0n) is 20.0. The molecule has 7 rings (SSSR count). The first kappa shape index (κ1) is 20.6. The number of hydrogen-bond donors (Lipinski definition) is 0. The number of nitrogens with zero attached hydrogens (tertiary/aromatic N) is 4. The first-order chi connectivity index (χ1) is 17.6. The summed E-state index contributed by atoms with van der Waals surface area (Å²) in [6, 6.07) is 33.9. The first-order valence-corrected chi connectivity index (χ1v) is 12.1. The van der Waals surface area contributed by atoms with E-state index in [1.165, 1.54) is 22.3 Å². The number of fused-ring (bicyclic) bond motifs is 6. The van der Waals surface area contributed by atoms with Crippen molar-refractivity contribution in [3.63, 3.8) is 0 Å². The van der Waals surface area contributed by atoms with E-state index >= 15 is 0 Å². The van der Waals surface area contributed by atoms with Crippen LogP contribution in [0.4, 0.5) is 0 Å². The Labute approximate surface area is 209 Å². The summed E-state index contributed by atoms with van der Waals surface area (Å²) in [6.07, 6.45) is 1.64. The van der Waals surface area contributed by atoms with Crippen molar-refractivity contribution in [3.05, 3.63) is 114 Å². The van der Waals surface area contributed by atoms with Crippen LogP contribution in [0.25, 0.3) is 50.1 Å². The highest BCUT2D eigenvalue weighted by molar-refractivity contribution is 6.11. The van der Waals surface area contributed by atoms with Crippen molar-refractivity contribution in [1.82, 2.24) is 14.5 Å². The van der Waals surface area contributed by atoms with Crippen LogP contribution >= 0.6 is 0 Å². The van der Waals surface area contributed by atoms with Crippen molar-refractivity contribution in [2.45, 2.75) is 19.3 Å². The third kappa shape index (κ3) is 2.74. The van der Waals surface area contributed by atoms with Gasteiger partial charge in [-0.3, -0.25) is 4.57 Å². The molecule has 0 aliphatic heterocycles. The van der Waals surface area contributed by atoms with Gasteiger partial charge in [0.2, 0.25) is 0 Å². The third-order valence-corrected chi connectivity index (χ3v) is 7.51. The Balaban J connectivity index is 1.60. The maximum absolute atomic E-state index is 10.0. The average Bonchev–Trinajstić information content (AvgIpc) is 3.36. The maximum Gasteiger partial charge on any atom is 0.161 e. The van der Waals surface area contributed by atoms with Crippen LogP contribution in [0.5, 0.6) is 0 Å². The molecule has 0 spiro atoms. The lowest BCUT2D eigenvalue weighted by molar-refractivity contribution is 0.661. The highest BCUT2D eigenvalue weighted by atomic mass is 15.1. The minimum Gasteiger partial charge on any atom is -0.293 e. The molecule has 0 N–H and O–H groups in total. The monoisotopic (exact) mass is 462 g/mol. The molecule has 2 aromatic heterocycles. The minimum atomic E-state index is -0.0868. The van der Waals surface area contributed by atoms with E-state index in [-0.39, 0.29) is 5.41 Å². The summed E-state index contributed by atoms with van der Waals surface area (Å²) < 4.78 is 2.13. The highest BCUT2D eigenvalue weighted by Gasteiger charge is 2.36. The van der Waals surface area contributed by atoms with Gasteiger partial charge in [0.25, 0.3) is 0 Å². The van der Waals surface area contributed by atoms with Gasteiger partial charge in [0, 0.05) is 21.8 Å². The molecule has 0 amide bonds. The number of hydrogen-bond acceptors (Lipinski definition) is 3. The smallest absolute Gasteiger partial charge is 0.161 e. The van der Waals surface area contributed by atoms with E-state index in [0.717, 1.165) is 27.4 Å². The molecule has 4 aromatic carbocycles. The van der Waals surface area contributed by atoms with Crippen LogP contribution in [0.2, 0.25) is 0 Å². The van der Waals surface area contributed by atoms with Gasteiger partial charge < -0.3 is 0 Å². The molecule has 0 bridgehead atoms. The number of para-hydroxylation sites is 1. The molecule has 0 saturated carbocycles. The molecule has 36 heavy (non-hydrogen) atoms. The highest BCUT2D eigenvalue weighted by Crippen LogP contribution is 2.50. The van der Waals surface area contributed by atoms with Crippen molar-refractivity contribution in [3.8, 4) is 34.4 Å². The largest absolute Gasteiger partial charge is 0.293 e. The summed E-state index contributed by atoms with van der Waals surface area (Å²) >= 11 is 0. The standard InChI is InChI=1S/C32H22N4/c1-32(2)26-14-8-6-12-22(26)24-17-29-25(16-27(24)32)23-13-7-9-15-28(23)36(29)31-21(18-33)19-34-30(35-31)20-10-4-3-5-11-20/h3-17,19H,1-2H3. The second-order valence-corrected chi connectivity index (χ2v) is 9.85. The van der Waals surface area contributed by atoms with Gasteiger partial charge >= 0.3 is 0 Å². The van der Waals surface area contributed by atoms with Gasteiger partial charge in [0.15, 0.2) is 11.6 Å². The Morgan fingerprint density at radius 1 is 0.750 bits per heavy atom. The molecule has 0 fully saturated rings. The fourth-order valence-electron chi connectivity index (χ4n) is 5.74. The van der Waals surface area contributed by atoms with E-state index < -0.39 is 0 Å². The fourth-order valence-corrected chi connectivity index (χ4v) is 5.74. The number of aromatic nitrogens is 3. The van der Waals surface area contributed by atoms with Gasteiger partial charge in [-0.1, -0.05) is 86.6 Å². The summed E-state index contributed by atoms with van der Waals surface area (Å²) in [6.45, 7) is 4.60. The molecule has 0 atom stereocenters. The first-order valence-electron chi connectivity index (χ1n) is 12.1. The lowest BCUT2D eigenvalue weighted by Gasteiger charge is -2.21. The second-order valence-electron chi connectivity index (χ2n) is 9.85. The van der Waals surface area contributed by atoms with E-state index in [1.54, 1.807) is 6.20 Å². The van der Waals surface area contributed by atoms with Crippen molar-refractivity contribution in [2.75, 3.05) is 0 Å². The van der Waals surface area contributed by atoms with Crippen LogP contribution in [0, 0.1) is 11.3 Å². The molecular weight excluding hydrogens is 440 g/mol. The minimum absolute atomic E-state index is 0.0868. The van der Waals surface area contributed by atoms with Gasteiger partial charge in [-0.25, -0.2) is 9.97 Å². The molecule has 6 aromatic rings. The van der Waals surface area contributed by atoms with Gasteiger partial charge in [0.05, 0.1) is 17.2 Å². The average molecular weight is 463 g/mol. The Morgan fingerprint density at radius 2 is 1.50 bits per heavy atom. The summed E-state index contributed by atoms with van der Waals surface area (Å²) in [7, 11) is 0. The van der Waals surface area contributed by atoms with Gasteiger partial charge in [0.1, 0.15) is 11.6 Å². The summed E-state index contributed by atoms with van der Waals surface area (Å²) in [4.78, 5) is 9.46. The molecule has 2 heterocycles. The zero-order valence-corrected chi connectivity index (χ0v) is 20.0. The number of benzene rings is 4. The summed E-state index contributed by atoms with van der Waals surface area (Å²) in [5.41, 5.74) is 8.51. The fraction of sp³-hybridized carbons (Fsp3) is 0.0938. The molecular formula is C32H22N4. The summed E-state index contributed by atoms with van der Waals surface area (Å²) in [5.74, 6) is 1.20. The van der Waals surface area contributed by atoms with Crippen molar-refractivity contribution in [2.24, 2.45) is 0 Å². The Hall–Kier alpha value is -4.75. The molecule has 4 heteroatoms. The SMILES string of the molecule is CC1(C)c2ccccc2-c2cc3c(cc21)c1ccccc1n3-c1nc(-c2ccccc2)ncc1C#N. The molecule has 4 nitrogen and oxygen atoms in total. The van der Waals surface area contributed by atoms with Crippen LogP contribution in [0.3, 0.4) is 0 Å². The molecule has 170 valence electrons. The lowest BCUT2D eigenvalue weighted by atomic mass is 9.82. The zero-order chi connectivity index (χ0) is 24.4.